The molecule has 7 heteroatoms. The van der Waals surface area contributed by atoms with Gasteiger partial charge in [0.15, 0.2) is 0 Å². The van der Waals surface area contributed by atoms with Crippen molar-refractivity contribution in [1.82, 2.24) is 5.32 Å². The van der Waals surface area contributed by atoms with E-state index in [-0.39, 0.29) is 17.1 Å². The molecule has 0 aliphatic heterocycles. The Bertz CT molecular complexity index is 906. The summed E-state index contributed by atoms with van der Waals surface area (Å²) >= 11 is 1.53. The number of azo groups is 1. The lowest BCUT2D eigenvalue weighted by Gasteiger charge is -2.07. The first-order valence-electron chi connectivity index (χ1n) is 7.96. The second kappa shape index (κ2) is 8.26. The van der Waals surface area contributed by atoms with Gasteiger partial charge >= 0.3 is 0 Å². The maximum absolute atomic E-state index is 12.1. The summed E-state index contributed by atoms with van der Waals surface area (Å²) in [6.45, 7) is 0.407. The highest BCUT2D eigenvalue weighted by molar-refractivity contribution is 7.13. The van der Waals surface area contributed by atoms with Crippen molar-refractivity contribution < 1.29 is 15.0 Å². The number of carbonyl (C=O) groups excluding carboxylic acids is 1. The molecule has 1 amide bonds. The molecule has 0 saturated carbocycles. The quantitative estimate of drug-likeness (QED) is 0.441. The van der Waals surface area contributed by atoms with E-state index in [4.69, 9.17) is 0 Å². The number of phenols is 2. The molecule has 1 aromatic heterocycles. The van der Waals surface area contributed by atoms with E-state index in [1.165, 1.54) is 29.5 Å². The van der Waals surface area contributed by atoms with Crippen molar-refractivity contribution >= 4 is 27.9 Å². The molecule has 0 aliphatic rings. The van der Waals surface area contributed by atoms with E-state index in [0.717, 1.165) is 16.3 Å². The van der Waals surface area contributed by atoms with Gasteiger partial charge in [0, 0.05) is 6.54 Å². The minimum atomic E-state index is -0.431. The molecule has 26 heavy (non-hydrogen) atoms. The number of phenolic OH excluding ortho intramolecular Hbond substituents is 2. The van der Waals surface area contributed by atoms with Crippen molar-refractivity contribution in [2.45, 2.75) is 6.42 Å². The summed E-state index contributed by atoms with van der Waals surface area (Å²) in [5.41, 5.74) is 1.85. The number of nitrogens with one attached hydrogen (secondary N) is 1. The Morgan fingerprint density at radius 2 is 1.85 bits per heavy atom. The molecule has 0 atom stereocenters. The minimum absolute atomic E-state index is 0.0503. The SMILES string of the molecule is O=C(NCCc1ccc(N=Nc2cccs2)cc1)c1cc(O)ccc1O. The zero-order valence-electron chi connectivity index (χ0n) is 13.8. The Morgan fingerprint density at radius 1 is 1.04 bits per heavy atom. The number of amides is 1. The van der Waals surface area contributed by atoms with Gasteiger partial charge in [0.05, 0.1) is 11.3 Å². The fourth-order valence-corrected chi connectivity index (χ4v) is 2.83. The molecule has 0 aliphatic carbocycles. The van der Waals surface area contributed by atoms with Gasteiger partial charge in [0.2, 0.25) is 0 Å². The number of nitrogens with zero attached hydrogens (tertiary/aromatic N) is 2. The highest BCUT2D eigenvalue weighted by Gasteiger charge is 2.11. The van der Waals surface area contributed by atoms with Crippen LogP contribution in [0, 0.1) is 0 Å². The molecule has 0 fully saturated rings. The number of thiophene rings is 1. The molecular weight excluding hydrogens is 350 g/mol. The lowest BCUT2D eigenvalue weighted by atomic mass is 10.1. The Labute approximate surface area is 154 Å². The van der Waals surface area contributed by atoms with E-state index in [0.29, 0.717) is 13.0 Å². The van der Waals surface area contributed by atoms with Crippen LogP contribution in [-0.4, -0.2) is 22.7 Å². The maximum Gasteiger partial charge on any atom is 0.255 e. The first-order valence-corrected chi connectivity index (χ1v) is 8.84. The van der Waals surface area contributed by atoms with Crippen molar-refractivity contribution in [1.29, 1.82) is 0 Å². The highest BCUT2D eigenvalue weighted by Crippen LogP contribution is 2.23. The highest BCUT2D eigenvalue weighted by atomic mass is 32.1. The Balaban J connectivity index is 1.52. The molecule has 0 spiro atoms. The summed E-state index contributed by atoms with van der Waals surface area (Å²) < 4.78 is 0. The van der Waals surface area contributed by atoms with Crippen molar-refractivity contribution in [3.63, 3.8) is 0 Å². The summed E-state index contributed by atoms with van der Waals surface area (Å²) in [5, 5.41) is 32.9. The van der Waals surface area contributed by atoms with E-state index >= 15 is 0 Å². The van der Waals surface area contributed by atoms with Crippen LogP contribution in [0.4, 0.5) is 10.7 Å². The van der Waals surface area contributed by atoms with Crippen LogP contribution in [0.5, 0.6) is 11.5 Å². The second-order valence-electron chi connectivity index (χ2n) is 5.53. The Morgan fingerprint density at radius 3 is 2.58 bits per heavy atom. The zero-order valence-corrected chi connectivity index (χ0v) is 14.6. The number of rotatable bonds is 6. The summed E-state index contributed by atoms with van der Waals surface area (Å²) in [4.78, 5) is 12.1. The predicted octanol–water partition coefficient (Wildman–Crippen LogP) is 4.55. The number of hydrogen-bond acceptors (Lipinski definition) is 6. The van der Waals surface area contributed by atoms with E-state index < -0.39 is 5.91 Å². The average molecular weight is 367 g/mol. The van der Waals surface area contributed by atoms with Gasteiger partial charge in [-0.15, -0.1) is 21.6 Å². The smallest absolute Gasteiger partial charge is 0.255 e. The van der Waals surface area contributed by atoms with Gasteiger partial charge in [-0.3, -0.25) is 4.79 Å². The number of carbonyl (C=O) groups is 1. The molecule has 0 saturated heterocycles. The standard InChI is InChI=1S/C19H17N3O3S/c23-15-7-8-17(24)16(12-15)19(25)20-10-9-13-3-5-14(6-4-13)21-22-18-2-1-11-26-18/h1-8,11-12,23-24H,9-10H2,(H,20,25). The van der Waals surface area contributed by atoms with Crippen LogP contribution in [0.1, 0.15) is 15.9 Å². The van der Waals surface area contributed by atoms with Crippen molar-refractivity contribution in [3.05, 3.63) is 71.1 Å². The normalized spacial score (nSPS) is 10.9. The van der Waals surface area contributed by atoms with Gasteiger partial charge < -0.3 is 15.5 Å². The van der Waals surface area contributed by atoms with Crippen LogP contribution in [0.2, 0.25) is 0 Å². The van der Waals surface area contributed by atoms with Gasteiger partial charge in [-0.05, 0) is 59.8 Å². The van der Waals surface area contributed by atoms with Gasteiger partial charge in [-0.2, -0.15) is 0 Å². The Hall–Kier alpha value is -3.19. The van der Waals surface area contributed by atoms with E-state index in [9.17, 15) is 15.0 Å². The van der Waals surface area contributed by atoms with Gasteiger partial charge in [0.1, 0.15) is 16.5 Å². The minimum Gasteiger partial charge on any atom is -0.508 e. The van der Waals surface area contributed by atoms with Crippen LogP contribution in [-0.2, 0) is 6.42 Å². The molecule has 6 nitrogen and oxygen atoms in total. The topological polar surface area (TPSA) is 94.3 Å². The third-order valence-corrected chi connectivity index (χ3v) is 4.38. The number of aromatic hydroxyl groups is 2. The molecule has 3 N–H and O–H groups in total. The van der Waals surface area contributed by atoms with E-state index in [1.54, 1.807) is 0 Å². The lowest BCUT2D eigenvalue weighted by molar-refractivity contribution is 0.0951. The summed E-state index contributed by atoms with van der Waals surface area (Å²) in [7, 11) is 0. The Kier molecular flexibility index (Phi) is 5.60. The average Bonchev–Trinajstić information content (AvgIpc) is 3.16. The van der Waals surface area contributed by atoms with E-state index in [1.807, 2.05) is 41.8 Å². The lowest BCUT2D eigenvalue weighted by Crippen LogP contribution is -2.25. The second-order valence-corrected chi connectivity index (χ2v) is 6.45. The molecule has 3 aromatic rings. The van der Waals surface area contributed by atoms with Gasteiger partial charge in [-0.25, -0.2) is 0 Å². The molecule has 132 valence electrons. The zero-order chi connectivity index (χ0) is 18.4. The molecule has 0 bridgehead atoms. The number of hydrogen-bond donors (Lipinski definition) is 3. The third kappa shape index (κ3) is 4.67. The maximum atomic E-state index is 12.1. The first-order chi connectivity index (χ1) is 12.6. The molecule has 0 radical (unpaired) electrons. The molecule has 1 heterocycles. The fourth-order valence-electron chi connectivity index (χ4n) is 2.28. The largest absolute Gasteiger partial charge is 0.508 e. The molecule has 2 aromatic carbocycles. The van der Waals surface area contributed by atoms with Crippen molar-refractivity contribution in [2.75, 3.05) is 6.54 Å². The van der Waals surface area contributed by atoms with Crippen LogP contribution in [0.15, 0.2) is 70.2 Å². The molecule has 3 rings (SSSR count). The predicted molar refractivity (Wildman–Crippen MR) is 101 cm³/mol. The number of benzene rings is 2. The monoisotopic (exact) mass is 367 g/mol. The van der Waals surface area contributed by atoms with Crippen LogP contribution < -0.4 is 5.32 Å². The summed E-state index contributed by atoms with van der Waals surface area (Å²) in [5.74, 6) is -0.666. The van der Waals surface area contributed by atoms with Crippen LogP contribution >= 0.6 is 11.3 Å². The molecule has 0 unspecified atom stereocenters. The van der Waals surface area contributed by atoms with Crippen molar-refractivity contribution in [2.24, 2.45) is 10.2 Å². The summed E-state index contributed by atoms with van der Waals surface area (Å²) in [6.07, 6.45) is 0.633. The van der Waals surface area contributed by atoms with E-state index in [2.05, 4.69) is 15.5 Å². The van der Waals surface area contributed by atoms with Crippen molar-refractivity contribution in [3.8, 4) is 11.5 Å². The van der Waals surface area contributed by atoms with Gasteiger partial charge in [-0.1, -0.05) is 12.1 Å². The van der Waals surface area contributed by atoms with Gasteiger partial charge in [0.25, 0.3) is 5.91 Å². The summed E-state index contributed by atoms with van der Waals surface area (Å²) in [6, 6.07) is 15.3. The van der Waals surface area contributed by atoms with Crippen LogP contribution in [0.3, 0.4) is 0 Å². The first kappa shape index (κ1) is 17.6. The molecular formula is C19H17N3O3S. The van der Waals surface area contributed by atoms with Crippen LogP contribution in [0.25, 0.3) is 0 Å². The fraction of sp³-hybridized carbons (Fsp3) is 0.105. The third-order valence-electron chi connectivity index (χ3n) is 3.63.